The van der Waals surface area contributed by atoms with E-state index in [0.717, 1.165) is 22.8 Å². The van der Waals surface area contributed by atoms with Gasteiger partial charge in [-0.2, -0.15) is 5.10 Å². The number of benzene rings is 1. The molecule has 1 aromatic carbocycles. The summed E-state index contributed by atoms with van der Waals surface area (Å²) in [4.78, 5) is 13.9. The molecule has 0 saturated heterocycles. The highest BCUT2D eigenvalue weighted by molar-refractivity contribution is 7.80. The zero-order valence-corrected chi connectivity index (χ0v) is 15.5. The average Bonchev–Trinajstić information content (AvgIpc) is 3.02. The highest BCUT2D eigenvalue weighted by atomic mass is 32.1. The molecule has 0 bridgehead atoms. The summed E-state index contributed by atoms with van der Waals surface area (Å²) in [5.41, 5.74) is 11.2. The molecule has 26 heavy (non-hydrogen) atoms. The molecule has 1 amide bonds. The van der Waals surface area contributed by atoms with Crippen LogP contribution in [0.15, 0.2) is 29.4 Å². The first-order valence-electron chi connectivity index (χ1n) is 7.80. The summed E-state index contributed by atoms with van der Waals surface area (Å²) in [6.45, 7) is 1.97. The van der Waals surface area contributed by atoms with Crippen molar-refractivity contribution in [2.24, 2.45) is 10.8 Å². The standard InChI is InChI=1S/C17H19N5O3S/c1-10(23)21-9-12-5-4-11(8-19-20-17(18)26)22(12)14-7-16(25-3)15(24-2)6-13(14)21/h4-8H,9H2,1-3H3,(H3,18,20,26). The Hall–Kier alpha value is -3.07. The van der Waals surface area contributed by atoms with Crippen LogP contribution in [0.5, 0.6) is 11.5 Å². The van der Waals surface area contributed by atoms with Crippen molar-refractivity contribution >= 4 is 35.1 Å². The number of amides is 1. The van der Waals surface area contributed by atoms with E-state index in [9.17, 15) is 4.79 Å². The first kappa shape index (κ1) is 17.7. The minimum absolute atomic E-state index is 0.0590. The molecule has 2 heterocycles. The van der Waals surface area contributed by atoms with E-state index in [4.69, 9.17) is 27.4 Å². The third-order valence-corrected chi connectivity index (χ3v) is 4.17. The van der Waals surface area contributed by atoms with Gasteiger partial charge in [0.1, 0.15) is 0 Å². The van der Waals surface area contributed by atoms with Gasteiger partial charge in [-0.05, 0) is 24.4 Å². The zero-order valence-electron chi connectivity index (χ0n) is 14.6. The van der Waals surface area contributed by atoms with Gasteiger partial charge in [0.15, 0.2) is 16.6 Å². The van der Waals surface area contributed by atoms with Crippen LogP contribution < -0.4 is 25.5 Å². The van der Waals surface area contributed by atoms with Gasteiger partial charge in [0.25, 0.3) is 0 Å². The number of carbonyl (C=O) groups excluding carboxylic acids is 1. The Morgan fingerprint density at radius 2 is 1.92 bits per heavy atom. The summed E-state index contributed by atoms with van der Waals surface area (Å²) >= 11 is 4.75. The minimum atomic E-state index is -0.0590. The van der Waals surface area contributed by atoms with Gasteiger partial charge in [-0.3, -0.25) is 10.2 Å². The van der Waals surface area contributed by atoms with Crippen molar-refractivity contribution in [2.75, 3.05) is 19.1 Å². The topological polar surface area (TPSA) is 94.1 Å². The monoisotopic (exact) mass is 373 g/mol. The van der Waals surface area contributed by atoms with E-state index in [2.05, 4.69) is 10.5 Å². The third-order valence-electron chi connectivity index (χ3n) is 4.08. The molecule has 0 saturated carbocycles. The Bertz CT molecular complexity index is 906. The maximum atomic E-state index is 12.2. The van der Waals surface area contributed by atoms with Crippen LogP contribution in [0, 0.1) is 0 Å². The second-order valence-electron chi connectivity index (χ2n) is 5.62. The summed E-state index contributed by atoms with van der Waals surface area (Å²) < 4.78 is 12.8. The maximum absolute atomic E-state index is 12.2. The number of rotatable bonds is 4. The lowest BCUT2D eigenvalue weighted by molar-refractivity contribution is -0.116. The van der Waals surface area contributed by atoms with Gasteiger partial charge >= 0.3 is 0 Å². The second kappa shape index (κ2) is 7.04. The van der Waals surface area contributed by atoms with Crippen LogP contribution >= 0.6 is 12.2 Å². The molecule has 3 rings (SSSR count). The molecular weight excluding hydrogens is 354 g/mol. The number of hydrogen-bond donors (Lipinski definition) is 2. The first-order valence-corrected chi connectivity index (χ1v) is 8.20. The van der Waals surface area contributed by atoms with Crippen molar-refractivity contribution in [1.82, 2.24) is 9.99 Å². The number of aromatic nitrogens is 1. The van der Waals surface area contributed by atoms with Crippen molar-refractivity contribution in [3.8, 4) is 17.2 Å². The van der Waals surface area contributed by atoms with Gasteiger partial charge < -0.3 is 24.7 Å². The van der Waals surface area contributed by atoms with E-state index < -0.39 is 0 Å². The van der Waals surface area contributed by atoms with Crippen LogP contribution in [0.3, 0.4) is 0 Å². The Morgan fingerprint density at radius 3 is 2.50 bits per heavy atom. The van der Waals surface area contributed by atoms with Crippen molar-refractivity contribution in [1.29, 1.82) is 0 Å². The van der Waals surface area contributed by atoms with Crippen molar-refractivity contribution in [3.63, 3.8) is 0 Å². The largest absolute Gasteiger partial charge is 0.493 e. The Morgan fingerprint density at radius 1 is 1.27 bits per heavy atom. The normalized spacial score (nSPS) is 12.5. The molecule has 0 unspecified atom stereocenters. The molecule has 136 valence electrons. The highest BCUT2D eigenvalue weighted by Crippen LogP contribution is 2.41. The van der Waals surface area contributed by atoms with Gasteiger partial charge in [0.05, 0.1) is 44.0 Å². The molecule has 8 nitrogen and oxygen atoms in total. The Kier molecular flexibility index (Phi) is 4.81. The predicted octanol–water partition coefficient (Wildman–Crippen LogP) is 1.53. The van der Waals surface area contributed by atoms with E-state index in [1.54, 1.807) is 31.4 Å². The Balaban J connectivity index is 2.17. The van der Waals surface area contributed by atoms with Crippen LogP contribution in [0.2, 0.25) is 0 Å². The van der Waals surface area contributed by atoms with Gasteiger partial charge in [0, 0.05) is 24.8 Å². The molecule has 1 aliphatic heterocycles. The smallest absolute Gasteiger partial charge is 0.224 e. The molecular formula is C17H19N5O3S. The molecule has 9 heteroatoms. The number of anilines is 1. The third kappa shape index (κ3) is 3.08. The van der Waals surface area contributed by atoms with E-state index in [-0.39, 0.29) is 11.0 Å². The summed E-state index contributed by atoms with van der Waals surface area (Å²) in [6.07, 6.45) is 1.62. The van der Waals surface area contributed by atoms with Crippen LogP contribution in [0.25, 0.3) is 5.69 Å². The Labute approximate surface area is 156 Å². The molecule has 0 aliphatic carbocycles. The van der Waals surface area contributed by atoms with E-state index in [1.165, 1.54) is 6.92 Å². The van der Waals surface area contributed by atoms with E-state index in [0.29, 0.717) is 18.0 Å². The number of nitrogens with two attached hydrogens (primary N) is 1. The quantitative estimate of drug-likeness (QED) is 0.480. The summed E-state index contributed by atoms with van der Waals surface area (Å²) in [5, 5.41) is 4.11. The number of carbonyl (C=O) groups is 1. The van der Waals surface area contributed by atoms with Gasteiger partial charge in [-0.1, -0.05) is 0 Å². The van der Waals surface area contributed by atoms with E-state index in [1.807, 2.05) is 22.8 Å². The number of fused-ring (bicyclic) bond motifs is 3. The van der Waals surface area contributed by atoms with Gasteiger partial charge in [-0.25, -0.2) is 0 Å². The molecule has 0 radical (unpaired) electrons. The average molecular weight is 373 g/mol. The number of ether oxygens (including phenoxy) is 2. The lowest BCUT2D eigenvalue weighted by Gasteiger charge is -2.31. The first-order chi connectivity index (χ1) is 12.5. The maximum Gasteiger partial charge on any atom is 0.224 e. The van der Waals surface area contributed by atoms with Crippen molar-refractivity contribution in [3.05, 3.63) is 35.7 Å². The molecule has 1 aliphatic rings. The van der Waals surface area contributed by atoms with Crippen LogP contribution in [-0.2, 0) is 11.3 Å². The second-order valence-corrected chi connectivity index (χ2v) is 6.06. The van der Waals surface area contributed by atoms with Gasteiger partial charge in [0.2, 0.25) is 5.91 Å². The molecule has 2 aromatic rings. The fourth-order valence-electron chi connectivity index (χ4n) is 2.96. The number of hydrazone groups is 1. The molecule has 1 aromatic heterocycles. The number of methoxy groups -OCH3 is 2. The van der Waals surface area contributed by atoms with E-state index >= 15 is 0 Å². The summed E-state index contributed by atoms with van der Waals surface area (Å²) in [6, 6.07) is 7.49. The SMILES string of the molecule is COc1cc2c(cc1OC)-n1c(C=NNC(N)=S)ccc1CN2C(C)=O. The number of thiocarbonyl (C=S) groups is 1. The van der Waals surface area contributed by atoms with Crippen LogP contribution in [0.1, 0.15) is 18.3 Å². The fourth-order valence-corrected chi connectivity index (χ4v) is 3.01. The number of nitrogens with one attached hydrogen (secondary N) is 1. The number of nitrogens with zero attached hydrogens (tertiary/aromatic N) is 3. The molecule has 0 fully saturated rings. The molecule has 3 N–H and O–H groups in total. The van der Waals surface area contributed by atoms with Crippen LogP contribution in [-0.4, -0.2) is 36.0 Å². The minimum Gasteiger partial charge on any atom is -0.493 e. The fraction of sp³-hybridized carbons (Fsp3) is 0.235. The summed E-state index contributed by atoms with van der Waals surface area (Å²) in [7, 11) is 3.13. The van der Waals surface area contributed by atoms with Crippen LogP contribution in [0.4, 0.5) is 5.69 Å². The highest BCUT2D eigenvalue weighted by Gasteiger charge is 2.28. The lowest BCUT2D eigenvalue weighted by Crippen LogP contribution is -2.33. The van der Waals surface area contributed by atoms with Crippen molar-refractivity contribution < 1.29 is 14.3 Å². The van der Waals surface area contributed by atoms with Gasteiger partial charge in [-0.15, -0.1) is 0 Å². The zero-order chi connectivity index (χ0) is 18.8. The predicted molar refractivity (Wildman–Crippen MR) is 103 cm³/mol. The summed E-state index contributed by atoms with van der Waals surface area (Å²) in [5.74, 6) is 1.07. The lowest BCUT2D eigenvalue weighted by atomic mass is 10.1. The molecule has 0 spiro atoms. The van der Waals surface area contributed by atoms with Crippen molar-refractivity contribution in [2.45, 2.75) is 13.5 Å². The molecule has 0 atom stereocenters. The number of hydrogen-bond acceptors (Lipinski definition) is 5.